The van der Waals surface area contributed by atoms with Crippen molar-refractivity contribution in [1.82, 2.24) is 68.0 Å². The number of aromatic amines is 1. The topological polar surface area (TPSA) is 486 Å². The van der Waals surface area contributed by atoms with E-state index in [0.29, 0.717) is 33.5 Å². The molecule has 5 heterocycles. The van der Waals surface area contributed by atoms with E-state index in [4.69, 9.17) is 10.5 Å². The number of hydrogen-bond donors (Lipinski definition) is 15. The third kappa shape index (κ3) is 20.8. The summed E-state index contributed by atoms with van der Waals surface area (Å²) < 4.78 is 5.54. The van der Waals surface area contributed by atoms with Gasteiger partial charge in [-0.25, -0.2) is 4.79 Å². The zero-order valence-corrected chi connectivity index (χ0v) is 59.4. The maximum Gasteiger partial charge on any atom is 0.407 e. The van der Waals surface area contributed by atoms with Gasteiger partial charge in [-0.1, -0.05) is 99.1 Å². The number of aliphatic hydroxyl groups is 2. The Labute approximate surface area is 593 Å². The maximum absolute atomic E-state index is 15.1. The molecule has 102 heavy (non-hydrogen) atoms. The molecule has 1 saturated heterocycles. The van der Waals surface area contributed by atoms with Crippen molar-refractivity contribution in [2.24, 2.45) is 34.3 Å². The van der Waals surface area contributed by atoms with Crippen LogP contribution < -0.4 is 64.2 Å². The highest BCUT2D eigenvalue weighted by Gasteiger charge is 2.47. The summed E-state index contributed by atoms with van der Waals surface area (Å²) in [4.78, 5) is 213. The van der Waals surface area contributed by atoms with Gasteiger partial charge < -0.3 is 89.1 Å². The molecule has 1 fully saturated rings. The van der Waals surface area contributed by atoms with E-state index in [-0.39, 0.29) is 37.4 Å². The molecule has 34 heteroatoms. The quantitative estimate of drug-likeness (QED) is 0.0526. The van der Waals surface area contributed by atoms with E-state index in [1.165, 1.54) is 50.3 Å². The summed E-state index contributed by atoms with van der Waals surface area (Å²) >= 11 is 0.978. The highest BCUT2D eigenvalue weighted by molar-refractivity contribution is 7.99. The Balaban J connectivity index is 1.09. The van der Waals surface area contributed by atoms with Crippen molar-refractivity contribution < 1.29 is 86.9 Å². The molecule has 0 unspecified atom stereocenters. The number of benzene rings is 2. The number of anilines is 1. The van der Waals surface area contributed by atoms with Gasteiger partial charge in [0.05, 0.1) is 43.3 Å². The number of amides is 15. The van der Waals surface area contributed by atoms with E-state index in [2.05, 4.69) is 63.5 Å². The molecule has 4 aliphatic rings. The minimum Gasteiger partial charge on any atom is -0.445 e. The molecule has 554 valence electrons. The van der Waals surface area contributed by atoms with Gasteiger partial charge in [-0.3, -0.25) is 72.0 Å². The Hall–Kier alpha value is -9.96. The lowest BCUT2D eigenvalue weighted by atomic mass is 9.74. The molecule has 2 bridgehead atoms. The Morgan fingerprint density at radius 3 is 2.03 bits per heavy atom. The number of primary amides is 1. The average molecular weight is 1440 g/mol. The number of rotatable bonds is 21. The molecule has 12 atom stereocenters. The first kappa shape index (κ1) is 79.4. The van der Waals surface area contributed by atoms with Crippen molar-refractivity contribution in [2.75, 3.05) is 43.9 Å². The smallest absolute Gasteiger partial charge is 0.407 e. The number of alkyl carbamates (subject to hydrolysis) is 1. The first-order valence-corrected chi connectivity index (χ1v) is 34.6. The predicted molar refractivity (Wildman–Crippen MR) is 369 cm³/mol. The third-order valence-corrected chi connectivity index (χ3v) is 19.4. The van der Waals surface area contributed by atoms with E-state index in [9.17, 15) is 77.3 Å². The highest BCUT2D eigenvalue weighted by atomic mass is 32.2. The monoisotopic (exact) mass is 1440 g/mol. The van der Waals surface area contributed by atoms with Crippen molar-refractivity contribution in [3.05, 3.63) is 71.8 Å². The van der Waals surface area contributed by atoms with Gasteiger partial charge in [0.25, 0.3) is 11.8 Å². The summed E-state index contributed by atoms with van der Waals surface area (Å²) in [6, 6.07) is -0.230. The van der Waals surface area contributed by atoms with Gasteiger partial charge in [0.15, 0.2) is 0 Å². The van der Waals surface area contributed by atoms with Crippen molar-refractivity contribution in [3.63, 3.8) is 0 Å². The average Bonchev–Trinajstić information content (AvgIpc) is 1.61. The second-order valence-corrected chi connectivity index (χ2v) is 29.0. The molecule has 7 rings (SSSR count). The minimum absolute atomic E-state index is 0.0683. The van der Waals surface area contributed by atoms with Crippen LogP contribution in [0.15, 0.2) is 65.7 Å². The molecular formula is C68H93N15O18S. The number of nitrogens with zero attached hydrogens (tertiary/aromatic N) is 2. The van der Waals surface area contributed by atoms with Crippen molar-refractivity contribution >= 4 is 117 Å². The van der Waals surface area contributed by atoms with E-state index in [0.717, 1.165) is 21.6 Å². The zero-order valence-electron chi connectivity index (χ0n) is 58.6. The lowest BCUT2D eigenvalue weighted by Gasteiger charge is -2.37. The standard InChI is InChI=1S/C68H93N15O18S/c1-11-34(4)54-60(95)71-25-49(87)75-45-30-102-63-41(40-14-12-13-15-42(40)78-63)23-43(57(92)70-26-50(88)79-54)76-62(97)55(35(5)47(85)28-84)80-59(94)46-22-39(27-82(46)64(98)44(24-48(69)86)77-58(45)93)74-66(100)101-29-37-16-18-38(19-17-37)73-56(91)36(6)72-61(96)53(33(2)3)81-65(99)68(9,10)31-67(7,8)32-83-51(89)20-21-52(83)90/h12-21,33-36,39,43-47,53-55,78,84-85H,11,22-32H2,1-10H3,(H2,69,86)(H,70,92)(H,71,95)(H,72,96)(H,73,91)(H,74,100)(H,75,87)(H,76,97)(H,77,93)(H,79,88)(H,80,94)(H,81,99)/t34-,35-,36-,39+,43-,44-,45-,46-,47-,53-,54-,55-/m0/s1. The molecule has 16 N–H and O–H groups in total. The fourth-order valence-electron chi connectivity index (χ4n) is 12.5. The number of carbonyl (C=O) groups excluding carboxylic acids is 15. The second-order valence-electron chi connectivity index (χ2n) is 28.0. The van der Waals surface area contributed by atoms with Gasteiger partial charge in [-0.15, -0.1) is 11.8 Å². The molecular weight excluding hydrogens is 1350 g/mol. The fourth-order valence-corrected chi connectivity index (χ4v) is 13.6. The van der Waals surface area contributed by atoms with Crippen LogP contribution in [0, 0.1) is 28.6 Å². The van der Waals surface area contributed by atoms with Crippen LogP contribution in [-0.2, 0) is 84.9 Å². The van der Waals surface area contributed by atoms with Crippen LogP contribution in [0.1, 0.15) is 106 Å². The molecule has 3 aromatic rings. The number of aromatic nitrogens is 1. The predicted octanol–water partition coefficient (Wildman–Crippen LogP) is -1.76. The zero-order chi connectivity index (χ0) is 75.2. The van der Waals surface area contributed by atoms with Gasteiger partial charge in [0, 0.05) is 65.3 Å². The number of aliphatic hydroxyl groups excluding tert-OH is 2. The normalized spacial score (nSPS) is 23.0. The number of fused-ring (bicyclic) bond motifs is 5. The molecule has 0 aliphatic carbocycles. The Morgan fingerprint density at radius 1 is 0.745 bits per heavy atom. The number of para-hydroxylation sites is 1. The fraction of sp³-hybridized carbons (Fsp3) is 0.544. The molecule has 1 aromatic heterocycles. The number of H-pyrrole nitrogens is 1. The van der Waals surface area contributed by atoms with Gasteiger partial charge >= 0.3 is 6.09 Å². The molecule has 2 aromatic carbocycles. The lowest BCUT2D eigenvalue weighted by molar-refractivity contribution is -0.144. The third-order valence-electron chi connectivity index (χ3n) is 18.2. The molecule has 33 nitrogen and oxygen atoms in total. The number of ether oxygens (including phenoxy) is 1. The largest absolute Gasteiger partial charge is 0.445 e. The van der Waals surface area contributed by atoms with E-state index in [1.54, 1.807) is 65.8 Å². The molecule has 0 radical (unpaired) electrons. The summed E-state index contributed by atoms with van der Waals surface area (Å²) in [5, 5.41) is 50.8. The Bertz CT molecular complexity index is 3730. The summed E-state index contributed by atoms with van der Waals surface area (Å²) in [7, 11) is 0. The lowest BCUT2D eigenvalue weighted by Crippen LogP contribution is -2.62. The van der Waals surface area contributed by atoms with E-state index < -0.39 is 217 Å². The van der Waals surface area contributed by atoms with Gasteiger partial charge in [0.1, 0.15) is 54.9 Å². The SMILES string of the molecule is CC[C@H](C)[C@@H]1NC(=O)CNC(=O)[C@@H]2Cc3c([nH]c4ccccc34)SC[C@H](NC(=O)CNC1=O)C(=O)N[C@@H](CC(N)=O)C(=O)N1C[C@H](NC(=O)OCc3ccc(NC(=O)[C@H](C)NC(=O)[C@@H](NC(=O)C(C)(C)CC(C)(C)CN4C(=O)C=CC4=O)C(C)C)cc3)C[C@H]1C(=O)N[C@@H]([C@@H](C)[C@@H](O)CO)C(=O)N2. The highest BCUT2D eigenvalue weighted by Crippen LogP contribution is 2.36. The number of nitrogens with one attached hydrogen (secondary N) is 12. The summed E-state index contributed by atoms with van der Waals surface area (Å²) in [5.74, 6) is -14.1. The van der Waals surface area contributed by atoms with Crippen LogP contribution in [0.5, 0.6) is 0 Å². The summed E-state index contributed by atoms with van der Waals surface area (Å²) in [6.07, 6.45) is -1.42. The van der Waals surface area contributed by atoms with Crippen LogP contribution in [0.4, 0.5) is 10.5 Å². The molecule has 0 spiro atoms. The number of imide groups is 1. The number of thioether (sulfide) groups is 1. The van der Waals surface area contributed by atoms with Gasteiger partial charge in [-0.05, 0) is 66.3 Å². The minimum atomic E-state index is -1.87. The van der Waals surface area contributed by atoms with Crippen LogP contribution in [-0.4, -0.2) is 213 Å². The summed E-state index contributed by atoms with van der Waals surface area (Å²) in [6.45, 7) is 13.5. The Morgan fingerprint density at radius 2 is 1.39 bits per heavy atom. The number of nitrogens with two attached hydrogens (primary N) is 1. The van der Waals surface area contributed by atoms with Gasteiger partial charge in [-0.2, -0.15) is 0 Å². The van der Waals surface area contributed by atoms with E-state index >= 15 is 4.79 Å². The van der Waals surface area contributed by atoms with Crippen molar-refractivity contribution in [1.29, 1.82) is 0 Å². The second kappa shape index (κ2) is 34.6. The molecule has 4 aliphatic heterocycles. The molecule has 0 saturated carbocycles. The number of carbonyl (C=O) groups is 15. The summed E-state index contributed by atoms with van der Waals surface area (Å²) in [5.41, 5.74) is 5.56. The van der Waals surface area contributed by atoms with E-state index in [1.807, 2.05) is 13.8 Å². The maximum atomic E-state index is 15.1. The first-order valence-electron chi connectivity index (χ1n) is 33.6. The number of hydrogen-bond acceptors (Lipinski definition) is 19. The van der Waals surface area contributed by atoms with Crippen LogP contribution in [0.25, 0.3) is 10.9 Å². The Kier molecular flexibility index (Phi) is 26.9. The van der Waals surface area contributed by atoms with Crippen molar-refractivity contribution in [3.8, 4) is 0 Å². The first-order chi connectivity index (χ1) is 48.0. The van der Waals surface area contributed by atoms with Crippen LogP contribution >= 0.6 is 11.8 Å². The van der Waals surface area contributed by atoms with Crippen molar-refractivity contribution in [2.45, 2.75) is 173 Å². The van der Waals surface area contributed by atoms with Gasteiger partial charge in [0.2, 0.25) is 70.9 Å². The van der Waals surface area contributed by atoms with Crippen LogP contribution in [0.2, 0.25) is 0 Å². The van der Waals surface area contributed by atoms with Crippen LogP contribution in [0.3, 0.4) is 0 Å². The molecule has 15 amide bonds.